The number of alkyl halides is 3. The van der Waals surface area contributed by atoms with E-state index < -0.39 is 6.36 Å². The SMILES string of the molecule is CC1CCC(NC(=O)c2ccc(OC(F)(F)F)cc2)CC1. The molecular formula is C15H18F3NO2. The summed E-state index contributed by atoms with van der Waals surface area (Å²) in [6.07, 6.45) is -0.653. The number of nitrogens with one attached hydrogen (secondary N) is 1. The van der Waals surface area contributed by atoms with Crippen LogP contribution in [0, 0.1) is 5.92 Å². The van der Waals surface area contributed by atoms with E-state index in [2.05, 4.69) is 17.0 Å². The van der Waals surface area contributed by atoms with Crippen LogP contribution in [0.3, 0.4) is 0 Å². The Kier molecular flexibility index (Phi) is 4.75. The molecule has 0 bridgehead atoms. The quantitative estimate of drug-likeness (QED) is 0.919. The van der Waals surface area contributed by atoms with E-state index in [1.54, 1.807) is 0 Å². The fraction of sp³-hybridized carbons (Fsp3) is 0.533. The maximum atomic E-state index is 12.0. The number of rotatable bonds is 3. The summed E-state index contributed by atoms with van der Waals surface area (Å²) in [7, 11) is 0. The van der Waals surface area contributed by atoms with E-state index in [0.717, 1.165) is 37.8 Å². The first-order chi connectivity index (χ1) is 9.83. The first-order valence-corrected chi connectivity index (χ1v) is 7.00. The number of halogens is 3. The Bertz CT molecular complexity index is 477. The van der Waals surface area contributed by atoms with E-state index in [9.17, 15) is 18.0 Å². The second-order valence-corrected chi connectivity index (χ2v) is 5.50. The molecule has 1 aliphatic carbocycles. The summed E-state index contributed by atoms with van der Waals surface area (Å²) >= 11 is 0. The van der Waals surface area contributed by atoms with Crippen LogP contribution in [0.4, 0.5) is 13.2 Å². The summed E-state index contributed by atoms with van der Waals surface area (Å²) in [6.45, 7) is 2.19. The Morgan fingerprint density at radius 2 is 1.71 bits per heavy atom. The minimum Gasteiger partial charge on any atom is -0.406 e. The van der Waals surface area contributed by atoms with E-state index in [0.29, 0.717) is 11.5 Å². The summed E-state index contributed by atoms with van der Waals surface area (Å²) < 4.78 is 39.9. The lowest BCUT2D eigenvalue weighted by Gasteiger charge is -2.26. The van der Waals surface area contributed by atoms with E-state index >= 15 is 0 Å². The topological polar surface area (TPSA) is 38.3 Å². The van der Waals surface area contributed by atoms with Crippen LogP contribution in [-0.2, 0) is 0 Å². The molecule has 0 radical (unpaired) electrons. The molecule has 116 valence electrons. The van der Waals surface area contributed by atoms with Crippen LogP contribution in [0.1, 0.15) is 43.0 Å². The van der Waals surface area contributed by atoms with Gasteiger partial charge in [0, 0.05) is 11.6 Å². The largest absolute Gasteiger partial charge is 0.573 e. The highest BCUT2D eigenvalue weighted by Gasteiger charge is 2.31. The fourth-order valence-corrected chi connectivity index (χ4v) is 2.48. The maximum Gasteiger partial charge on any atom is 0.573 e. The number of hydrogen-bond donors (Lipinski definition) is 1. The summed E-state index contributed by atoms with van der Waals surface area (Å²) in [5, 5.41) is 2.92. The van der Waals surface area contributed by atoms with E-state index in [1.807, 2.05) is 0 Å². The molecular weight excluding hydrogens is 283 g/mol. The highest BCUT2D eigenvalue weighted by atomic mass is 19.4. The average molecular weight is 301 g/mol. The van der Waals surface area contributed by atoms with Crippen LogP contribution in [-0.4, -0.2) is 18.3 Å². The second-order valence-electron chi connectivity index (χ2n) is 5.50. The van der Waals surface area contributed by atoms with Crippen molar-refractivity contribution in [1.82, 2.24) is 5.32 Å². The third-order valence-electron chi connectivity index (χ3n) is 3.70. The van der Waals surface area contributed by atoms with Crippen molar-refractivity contribution in [2.45, 2.75) is 45.0 Å². The van der Waals surface area contributed by atoms with Crippen molar-refractivity contribution in [2.24, 2.45) is 5.92 Å². The Morgan fingerprint density at radius 1 is 1.14 bits per heavy atom. The lowest BCUT2D eigenvalue weighted by molar-refractivity contribution is -0.274. The first kappa shape index (κ1) is 15.7. The Labute approximate surface area is 121 Å². The molecule has 0 unspecified atom stereocenters. The zero-order chi connectivity index (χ0) is 15.5. The molecule has 6 heteroatoms. The van der Waals surface area contributed by atoms with Crippen molar-refractivity contribution in [1.29, 1.82) is 0 Å². The van der Waals surface area contributed by atoms with Crippen LogP contribution in [0.15, 0.2) is 24.3 Å². The Morgan fingerprint density at radius 3 is 2.24 bits per heavy atom. The highest BCUT2D eigenvalue weighted by molar-refractivity contribution is 5.94. The van der Waals surface area contributed by atoms with Gasteiger partial charge in [0.25, 0.3) is 5.91 Å². The van der Waals surface area contributed by atoms with Crippen LogP contribution >= 0.6 is 0 Å². The number of benzene rings is 1. The zero-order valence-electron chi connectivity index (χ0n) is 11.7. The van der Waals surface area contributed by atoms with Crippen LogP contribution in [0.5, 0.6) is 5.75 Å². The van der Waals surface area contributed by atoms with E-state index in [1.165, 1.54) is 12.1 Å². The molecule has 0 aromatic heterocycles. The highest BCUT2D eigenvalue weighted by Crippen LogP contribution is 2.25. The van der Waals surface area contributed by atoms with Gasteiger partial charge in [0.2, 0.25) is 0 Å². The average Bonchev–Trinajstić information content (AvgIpc) is 2.40. The molecule has 1 aromatic carbocycles. The van der Waals surface area contributed by atoms with Crippen molar-refractivity contribution in [3.63, 3.8) is 0 Å². The second kappa shape index (κ2) is 6.37. The van der Waals surface area contributed by atoms with Gasteiger partial charge >= 0.3 is 6.36 Å². The van der Waals surface area contributed by atoms with Crippen molar-refractivity contribution < 1.29 is 22.7 Å². The van der Waals surface area contributed by atoms with Gasteiger partial charge in [-0.15, -0.1) is 13.2 Å². The van der Waals surface area contributed by atoms with E-state index in [-0.39, 0.29) is 17.7 Å². The number of carbonyl (C=O) groups excluding carboxylic acids is 1. The van der Waals surface area contributed by atoms with Gasteiger partial charge in [0.05, 0.1) is 0 Å². The number of amides is 1. The monoisotopic (exact) mass is 301 g/mol. The molecule has 0 spiro atoms. The first-order valence-electron chi connectivity index (χ1n) is 7.00. The predicted octanol–water partition coefficient (Wildman–Crippen LogP) is 3.89. The van der Waals surface area contributed by atoms with Crippen molar-refractivity contribution in [3.05, 3.63) is 29.8 Å². The normalized spacial score (nSPS) is 22.7. The summed E-state index contributed by atoms with van der Waals surface area (Å²) in [6, 6.07) is 5.11. The Balaban J connectivity index is 1.91. The summed E-state index contributed by atoms with van der Waals surface area (Å²) in [5.74, 6) is 0.107. The fourth-order valence-electron chi connectivity index (χ4n) is 2.48. The zero-order valence-corrected chi connectivity index (χ0v) is 11.7. The number of carbonyl (C=O) groups is 1. The molecule has 1 N–H and O–H groups in total. The summed E-state index contributed by atoms with van der Waals surface area (Å²) in [4.78, 5) is 12.0. The predicted molar refractivity (Wildman–Crippen MR) is 72.0 cm³/mol. The molecule has 1 aliphatic rings. The third-order valence-corrected chi connectivity index (χ3v) is 3.70. The minimum atomic E-state index is -4.72. The van der Waals surface area contributed by atoms with Gasteiger partial charge in [-0.25, -0.2) is 0 Å². The molecule has 0 aliphatic heterocycles. The molecule has 1 amide bonds. The molecule has 1 fully saturated rings. The maximum absolute atomic E-state index is 12.0. The van der Waals surface area contributed by atoms with Gasteiger partial charge in [-0.3, -0.25) is 4.79 Å². The number of ether oxygens (including phenoxy) is 1. The van der Waals surface area contributed by atoms with Gasteiger partial charge in [0.1, 0.15) is 5.75 Å². The van der Waals surface area contributed by atoms with Crippen molar-refractivity contribution in [2.75, 3.05) is 0 Å². The molecule has 0 heterocycles. The molecule has 2 rings (SSSR count). The number of hydrogen-bond acceptors (Lipinski definition) is 2. The lowest BCUT2D eigenvalue weighted by Crippen LogP contribution is -2.37. The molecule has 1 saturated carbocycles. The molecule has 21 heavy (non-hydrogen) atoms. The standard InChI is InChI=1S/C15H18F3NO2/c1-10-2-6-12(7-3-10)19-14(20)11-4-8-13(9-5-11)21-15(16,17)18/h4-5,8-10,12H,2-3,6-7H2,1H3,(H,19,20). The summed E-state index contributed by atoms with van der Waals surface area (Å²) in [5.41, 5.74) is 0.336. The molecule has 1 aromatic rings. The molecule has 0 atom stereocenters. The third kappa shape index (κ3) is 4.95. The van der Waals surface area contributed by atoms with Gasteiger partial charge < -0.3 is 10.1 Å². The lowest BCUT2D eigenvalue weighted by atomic mass is 9.87. The molecule has 3 nitrogen and oxygen atoms in total. The van der Waals surface area contributed by atoms with Crippen LogP contribution in [0.2, 0.25) is 0 Å². The van der Waals surface area contributed by atoms with Gasteiger partial charge in [-0.1, -0.05) is 6.92 Å². The minimum absolute atomic E-state index is 0.153. The van der Waals surface area contributed by atoms with Crippen LogP contribution < -0.4 is 10.1 Å². The van der Waals surface area contributed by atoms with Gasteiger partial charge in [-0.05, 0) is 55.9 Å². The van der Waals surface area contributed by atoms with Crippen molar-refractivity contribution in [3.8, 4) is 5.75 Å². The van der Waals surface area contributed by atoms with Gasteiger partial charge in [0.15, 0.2) is 0 Å². The van der Waals surface area contributed by atoms with Gasteiger partial charge in [-0.2, -0.15) is 0 Å². The van der Waals surface area contributed by atoms with E-state index in [4.69, 9.17) is 0 Å². The van der Waals surface area contributed by atoms with Crippen LogP contribution in [0.25, 0.3) is 0 Å². The molecule has 0 saturated heterocycles. The smallest absolute Gasteiger partial charge is 0.406 e. The van der Waals surface area contributed by atoms with Crippen molar-refractivity contribution >= 4 is 5.91 Å². The Hall–Kier alpha value is -1.72.